The number of thioether (sulfide) groups is 1. The Morgan fingerprint density at radius 3 is 2.67 bits per heavy atom. The zero-order valence-electron chi connectivity index (χ0n) is 22.3. The lowest BCUT2D eigenvalue weighted by Crippen LogP contribution is -2.71. The number of carboxylic acid groups (broad SMARTS) is 2. The third-order valence-electron chi connectivity index (χ3n) is 6.03. The van der Waals surface area contributed by atoms with Gasteiger partial charge in [0.25, 0.3) is 24.0 Å². The molecule has 2 atom stereocenters. The molecule has 0 spiro atoms. The maximum Gasteiger partial charge on any atom is 0.352 e. The smallest absolute Gasteiger partial charge is 0.352 e. The van der Waals surface area contributed by atoms with Crippen molar-refractivity contribution in [2.75, 3.05) is 35.6 Å². The van der Waals surface area contributed by atoms with Crippen LogP contribution in [0.1, 0.15) is 19.7 Å². The number of nitrogens with one attached hydrogen (secondary N) is 2. The lowest BCUT2D eigenvalue weighted by molar-refractivity contribution is -0.691. The van der Waals surface area contributed by atoms with E-state index in [4.69, 9.17) is 22.0 Å². The third-order valence-corrected chi connectivity index (χ3v) is 7.92. The van der Waals surface area contributed by atoms with Crippen molar-refractivity contribution in [3.8, 4) is 0 Å². The molecule has 2 aliphatic heterocycles. The summed E-state index contributed by atoms with van der Waals surface area (Å²) < 4.78 is 5.55. The van der Waals surface area contributed by atoms with Gasteiger partial charge in [-0.1, -0.05) is 5.16 Å². The number of aliphatic carboxylic acids is 2. The Morgan fingerprint density at radius 1 is 1.31 bits per heavy atom. The number of β-lactam (4-membered cyclic amide) rings is 1. The Labute approximate surface area is 246 Å². The average molecular weight is 623 g/mol. The molecule has 2 aromatic rings. The molecule has 0 aliphatic carbocycles. The van der Waals surface area contributed by atoms with Gasteiger partial charge in [-0.2, -0.15) is 9.36 Å². The molecule has 0 bridgehead atoms. The fourth-order valence-electron chi connectivity index (χ4n) is 3.85. The number of anilines is 3. The minimum atomic E-state index is -1.80. The largest absolute Gasteiger partial charge is 0.478 e. The van der Waals surface area contributed by atoms with Crippen LogP contribution in [0.5, 0.6) is 0 Å². The minimum absolute atomic E-state index is 0.0111. The number of nitrogens with two attached hydrogens (primary N) is 3. The molecule has 10 N–H and O–H groups in total. The van der Waals surface area contributed by atoms with E-state index in [1.54, 1.807) is 10.8 Å². The lowest BCUT2D eigenvalue weighted by Gasteiger charge is -2.49. The second-order valence-electron chi connectivity index (χ2n) is 9.48. The Balaban J connectivity index is 1.54. The SMILES string of the molecule is CC(C)(O/N=C(\C(=O)N[C@@H]1C(=O)N2C(C(=O)O)=C(C[n+]3cnc(N)c(NCCN)c3)CS[C@H]12)c1nsc(N)n1)C(=O)O. The number of hydrogen-bond acceptors (Lipinski definition) is 15. The first-order chi connectivity index (χ1) is 19.8. The molecular formula is C22H28N11O7S2+. The number of carbonyl (C=O) groups is 4. The predicted octanol–water partition coefficient (Wildman–Crippen LogP) is -2.22. The molecule has 2 amide bonds. The van der Waals surface area contributed by atoms with Gasteiger partial charge in [0.2, 0.25) is 17.1 Å². The number of nitrogens with zero attached hydrogens (tertiary/aromatic N) is 6. The van der Waals surface area contributed by atoms with E-state index in [2.05, 4.69) is 30.1 Å². The molecule has 1 saturated heterocycles. The van der Waals surface area contributed by atoms with Crippen molar-refractivity contribution in [2.45, 2.75) is 37.4 Å². The van der Waals surface area contributed by atoms with Crippen LogP contribution < -0.4 is 32.4 Å². The van der Waals surface area contributed by atoms with Gasteiger partial charge in [0.05, 0.1) is 0 Å². The van der Waals surface area contributed by atoms with Crippen LogP contribution in [-0.2, 0) is 30.6 Å². The van der Waals surface area contributed by atoms with Crippen molar-refractivity contribution in [1.29, 1.82) is 0 Å². The van der Waals surface area contributed by atoms with Crippen molar-refractivity contribution < 1.29 is 38.8 Å². The zero-order chi connectivity index (χ0) is 30.8. The summed E-state index contributed by atoms with van der Waals surface area (Å²) in [5, 5.41) is 27.8. The molecule has 224 valence electrons. The quantitative estimate of drug-likeness (QED) is 0.0571. The molecule has 2 aliphatic rings. The Hall–Kier alpha value is -4.56. The molecule has 20 heteroatoms. The topological polar surface area (TPSA) is 278 Å². The van der Waals surface area contributed by atoms with Gasteiger partial charge in [-0.3, -0.25) is 14.5 Å². The van der Waals surface area contributed by atoms with Crippen molar-refractivity contribution in [3.63, 3.8) is 0 Å². The second kappa shape index (κ2) is 12.1. The fourth-order valence-corrected chi connectivity index (χ4v) is 5.62. The predicted molar refractivity (Wildman–Crippen MR) is 150 cm³/mol. The Kier molecular flexibility index (Phi) is 8.78. The number of oxime groups is 1. The van der Waals surface area contributed by atoms with Crippen LogP contribution in [-0.4, -0.2) is 94.8 Å². The number of amides is 2. The molecule has 4 heterocycles. The van der Waals surface area contributed by atoms with E-state index >= 15 is 0 Å². The van der Waals surface area contributed by atoms with Gasteiger partial charge in [0.1, 0.15) is 35.5 Å². The highest BCUT2D eigenvalue weighted by molar-refractivity contribution is 8.00. The van der Waals surface area contributed by atoms with Crippen LogP contribution in [0.3, 0.4) is 0 Å². The summed E-state index contributed by atoms with van der Waals surface area (Å²) >= 11 is 2.02. The third kappa shape index (κ3) is 6.19. The van der Waals surface area contributed by atoms with Crippen LogP contribution in [0.25, 0.3) is 0 Å². The van der Waals surface area contributed by atoms with Crippen LogP contribution >= 0.6 is 23.3 Å². The Morgan fingerprint density at radius 2 is 2.05 bits per heavy atom. The standard InChI is InChI=1S/C22H27N11O7S2/c1-22(2,20(38)39)40-30-11(15-29-21(25)42-31-15)16(34)28-12-17(35)33-13(19(36)37)9(7-41-18(12)33)5-32-6-10(26-4-3-23)14(24)27-8-32/h6,8,12,18,24,26H,3-5,7,23H2,1-2H3,(H5,25,28,29,31,34,36,37,38,39)/p+1/b30-11-/t12-,18-/m1/s1. The molecule has 18 nitrogen and oxygen atoms in total. The van der Waals surface area contributed by atoms with Crippen LogP contribution in [0.2, 0.25) is 0 Å². The van der Waals surface area contributed by atoms with Crippen molar-refractivity contribution >= 4 is 69.4 Å². The number of hydrogen-bond donors (Lipinski definition) is 7. The number of carboxylic acids is 2. The summed E-state index contributed by atoms with van der Waals surface area (Å²) in [6, 6.07) is -1.12. The molecule has 2 aromatic heterocycles. The Bertz CT molecular complexity index is 1490. The highest BCUT2D eigenvalue weighted by Crippen LogP contribution is 2.40. The van der Waals surface area contributed by atoms with Gasteiger partial charge in [-0.05, 0) is 18.8 Å². The monoisotopic (exact) mass is 622 g/mol. The van der Waals surface area contributed by atoms with E-state index in [1.165, 1.54) is 31.9 Å². The number of aromatic nitrogens is 4. The van der Waals surface area contributed by atoms with E-state index in [1.807, 2.05) is 0 Å². The van der Waals surface area contributed by atoms with Crippen LogP contribution in [0.15, 0.2) is 29.0 Å². The molecule has 0 radical (unpaired) electrons. The van der Waals surface area contributed by atoms with Crippen molar-refractivity contribution in [2.24, 2.45) is 10.9 Å². The number of rotatable bonds is 12. The summed E-state index contributed by atoms with van der Waals surface area (Å²) in [7, 11) is 0. The molecule has 0 saturated carbocycles. The van der Waals surface area contributed by atoms with Crippen LogP contribution in [0, 0.1) is 0 Å². The maximum absolute atomic E-state index is 13.2. The van der Waals surface area contributed by atoms with Crippen molar-refractivity contribution in [3.05, 3.63) is 29.6 Å². The van der Waals surface area contributed by atoms with Gasteiger partial charge in [-0.15, -0.1) is 11.8 Å². The van der Waals surface area contributed by atoms with E-state index in [0.29, 0.717) is 24.4 Å². The normalized spacial score (nSPS) is 18.7. The van der Waals surface area contributed by atoms with Gasteiger partial charge in [-0.25, -0.2) is 14.2 Å². The highest BCUT2D eigenvalue weighted by atomic mass is 32.2. The first-order valence-corrected chi connectivity index (χ1v) is 14.0. The lowest BCUT2D eigenvalue weighted by atomic mass is 10.0. The summed E-state index contributed by atoms with van der Waals surface area (Å²) in [5.74, 6) is -4.03. The number of carbonyl (C=O) groups excluding carboxylic acids is 2. The molecule has 42 heavy (non-hydrogen) atoms. The van der Waals surface area contributed by atoms with Crippen molar-refractivity contribution in [1.82, 2.24) is 24.6 Å². The fraction of sp³-hybridized carbons (Fsp3) is 0.409. The summed E-state index contributed by atoms with van der Waals surface area (Å²) in [4.78, 5) is 64.2. The zero-order valence-corrected chi connectivity index (χ0v) is 23.9. The summed E-state index contributed by atoms with van der Waals surface area (Å²) in [5.41, 5.74) is 15.5. The van der Waals surface area contributed by atoms with E-state index < -0.39 is 46.5 Å². The van der Waals surface area contributed by atoms with E-state index in [0.717, 1.165) is 16.4 Å². The van der Waals surface area contributed by atoms with Gasteiger partial charge < -0.3 is 42.9 Å². The molecule has 0 aromatic carbocycles. The summed E-state index contributed by atoms with van der Waals surface area (Å²) in [6.07, 6.45) is 3.11. The molecule has 0 unspecified atom stereocenters. The first kappa shape index (κ1) is 30.4. The summed E-state index contributed by atoms with van der Waals surface area (Å²) in [6.45, 7) is 3.36. The molecule has 1 fully saturated rings. The average Bonchev–Trinajstić information content (AvgIpc) is 3.37. The van der Waals surface area contributed by atoms with Gasteiger partial charge in [0.15, 0.2) is 5.13 Å². The van der Waals surface area contributed by atoms with E-state index in [9.17, 15) is 29.4 Å². The minimum Gasteiger partial charge on any atom is -0.478 e. The second-order valence-corrected chi connectivity index (χ2v) is 11.4. The molecule has 4 rings (SSSR count). The van der Waals surface area contributed by atoms with Crippen LogP contribution in [0.4, 0.5) is 16.6 Å². The molecular weight excluding hydrogens is 594 g/mol. The number of nitrogen functional groups attached to an aromatic ring is 2. The van der Waals surface area contributed by atoms with Gasteiger partial charge >= 0.3 is 11.9 Å². The number of fused-ring (bicyclic) bond motifs is 1. The highest BCUT2D eigenvalue weighted by Gasteiger charge is 2.54. The van der Waals surface area contributed by atoms with E-state index in [-0.39, 0.29) is 34.8 Å². The maximum atomic E-state index is 13.2. The first-order valence-electron chi connectivity index (χ1n) is 12.2. The van der Waals surface area contributed by atoms with Gasteiger partial charge in [0, 0.05) is 35.9 Å².